The number of amides is 1. The summed E-state index contributed by atoms with van der Waals surface area (Å²) in [5.41, 5.74) is 1.10. The Morgan fingerprint density at radius 3 is 2.60 bits per heavy atom. The van der Waals surface area contributed by atoms with Crippen molar-refractivity contribution in [2.45, 2.75) is 51.0 Å². The molecule has 5 nitrogen and oxygen atoms in total. The monoisotopic (exact) mass is 345 g/mol. The van der Waals surface area contributed by atoms with E-state index in [1.165, 1.54) is 0 Å². The van der Waals surface area contributed by atoms with Crippen molar-refractivity contribution in [3.8, 4) is 5.75 Å². The van der Waals surface area contributed by atoms with Gasteiger partial charge in [0.25, 0.3) is 0 Å². The second-order valence-electron chi connectivity index (χ2n) is 7.27. The number of likely N-dealkylation sites (tertiary alicyclic amines) is 1. The molecule has 1 N–H and O–H groups in total. The van der Waals surface area contributed by atoms with Crippen LogP contribution in [0.1, 0.15) is 50.5 Å². The number of aliphatic carboxylic acids is 1. The Bertz CT molecular complexity index is 627. The lowest BCUT2D eigenvalue weighted by molar-refractivity contribution is -0.149. The summed E-state index contributed by atoms with van der Waals surface area (Å²) in [6.07, 6.45) is 4.28. The van der Waals surface area contributed by atoms with Gasteiger partial charge in [-0.1, -0.05) is 25.5 Å². The molecule has 2 fully saturated rings. The van der Waals surface area contributed by atoms with E-state index < -0.39 is 12.0 Å². The number of carbonyl (C=O) groups excluding carboxylic acids is 1. The number of carbonyl (C=O) groups is 2. The maximum Gasteiger partial charge on any atom is 0.326 e. The van der Waals surface area contributed by atoms with E-state index in [-0.39, 0.29) is 17.7 Å². The van der Waals surface area contributed by atoms with E-state index in [9.17, 15) is 14.7 Å². The van der Waals surface area contributed by atoms with Gasteiger partial charge >= 0.3 is 5.97 Å². The molecule has 1 aliphatic carbocycles. The van der Waals surface area contributed by atoms with Crippen LogP contribution in [0.5, 0.6) is 5.75 Å². The molecule has 4 atom stereocenters. The number of benzene rings is 1. The molecule has 3 rings (SSSR count). The fourth-order valence-electron chi connectivity index (χ4n) is 4.58. The molecule has 0 bridgehead atoms. The lowest BCUT2D eigenvalue weighted by Crippen LogP contribution is -2.43. The highest BCUT2D eigenvalue weighted by Crippen LogP contribution is 2.43. The van der Waals surface area contributed by atoms with Crippen molar-refractivity contribution < 1.29 is 19.4 Å². The van der Waals surface area contributed by atoms with Crippen molar-refractivity contribution in [1.29, 1.82) is 0 Å². The fourth-order valence-corrected chi connectivity index (χ4v) is 4.58. The van der Waals surface area contributed by atoms with Gasteiger partial charge in [0.05, 0.1) is 7.11 Å². The third-order valence-electron chi connectivity index (χ3n) is 5.96. The zero-order valence-electron chi connectivity index (χ0n) is 15.0. The van der Waals surface area contributed by atoms with Crippen molar-refractivity contribution in [2.75, 3.05) is 13.7 Å². The number of hydrogen-bond acceptors (Lipinski definition) is 3. The second-order valence-corrected chi connectivity index (χ2v) is 7.27. The highest BCUT2D eigenvalue weighted by atomic mass is 16.5. The van der Waals surface area contributed by atoms with Crippen molar-refractivity contribution in [1.82, 2.24) is 4.90 Å². The van der Waals surface area contributed by atoms with Gasteiger partial charge in [-0.15, -0.1) is 0 Å². The molecule has 1 aliphatic heterocycles. The van der Waals surface area contributed by atoms with Gasteiger partial charge in [-0.05, 0) is 54.7 Å². The molecular formula is C20H27NO4. The van der Waals surface area contributed by atoms with Crippen molar-refractivity contribution >= 4 is 11.9 Å². The van der Waals surface area contributed by atoms with Crippen LogP contribution >= 0.6 is 0 Å². The lowest BCUT2D eigenvalue weighted by Gasteiger charge is -2.26. The average molecular weight is 345 g/mol. The Kier molecular flexibility index (Phi) is 5.30. The highest BCUT2D eigenvalue weighted by Gasteiger charge is 2.49. The molecule has 0 aromatic heterocycles. The minimum Gasteiger partial charge on any atom is -0.497 e. The Morgan fingerprint density at radius 1 is 1.28 bits per heavy atom. The first-order valence-corrected chi connectivity index (χ1v) is 9.21. The SMILES string of the molecule is CCC(CC(=O)N1CC2CCCC2C1C(=O)O)c1ccc(OC)cc1. The van der Waals surface area contributed by atoms with E-state index >= 15 is 0 Å². The molecule has 136 valence electrons. The van der Waals surface area contributed by atoms with Crippen LogP contribution in [0, 0.1) is 11.8 Å². The third kappa shape index (κ3) is 3.51. The maximum atomic E-state index is 12.9. The minimum atomic E-state index is -0.847. The number of hydrogen-bond donors (Lipinski definition) is 1. The summed E-state index contributed by atoms with van der Waals surface area (Å²) in [7, 11) is 1.63. The molecule has 4 unspecified atom stereocenters. The van der Waals surface area contributed by atoms with Gasteiger partial charge in [0, 0.05) is 13.0 Å². The summed E-state index contributed by atoms with van der Waals surface area (Å²) in [5.74, 6) is 0.537. The van der Waals surface area contributed by atoms with Crippen LogP contribution in [0.4, 0.5) is 0 Å². The van der Waals surface area contributed by atoms with Gasteiger partial charge < -0.3 is 14.7 Å². The van der Waals surface area contributed by atoms with Crippen molar-refractivity contribution in [3.63, 3.8) is 0 Å². The van der Waals surface area contributed by atoms with E-state index in [0.717, 1.165) is 37.0 Å². The topological polar surface area (TPSA) is 66.8 Å². The maximum absolute atomic E-state index is 12.9. The van der Waals surface area contributed by atoms with Crippen LogP contribution in [0.15, 0.2) is 24.3 Å². The van der Waals surface area contributed by atoms with Gasteiger partial charge in [0.1, 0.15) is 11.8 Å². The Hall–Kier alpha value is -2.04. The normalized spacial score (nSPS) is 26.3. The number of carboxylic acid groups (broad SMARTS) is 1. The molecule has 1 aromatic rings. The van der Waals surface area contributed by atoms with E-state index in [2.05, 4.69) is 6.92 Å². The van der Waals surface area contributed by atoms with Gasteiger partial charge in [-0.2, -0.15) is 0 Å². The summed E-state index contributed by atoms with van der Waals surface area (Å²) < 4.78 is 5.19. The largest absolute Gasteiger partial charge is 0.497 e. The third-order valence-corrected chi connectivity index (χ3v) is 5.96. The standard InChI is InChI=1S/C20H27NO4/c1-3-13(14-7-9-16(25-2)10-8-14)11-18(22)21-12-15-5-4-6-17(15)19(21)20(23)24/h7-10,13,15,17,19H,3-6,11-12H2,1-2H3,(H,23,24). The first-order valence-electron chi connectivity index (χ1n) is 9.21. The zero-order valence-corrected chi connectivity index (χ0v) is 15.0. The van der Waals surface area contributed by atoms with E-state index in [0.29, 0.717) is 18.9 Å². The molecule has 1 aromatic carbocycles. The molecule has 1 saturated heterocycles. The quantitative estimate of drug-likeness (QED) is 0.859. The first-order chi connectivity index (χ1) is 12.0. The van der Waals surface area contributed by atoms with Crippen LogP contribution in [-0.4, -0.2) is 41.6 Å². The predicted molar refractivity (Wildman–Crippen MR) is 94.6 cm³/mol. The Morgan fingerprint density at radius 2 is 2.00 bits per heavy atom. The Balaban J connectivity index is 1.72. The molecule has 1 amide bonds. The van der Waals surface area contributed by atoms with Crippen molar-refractivity contribution in [3.05, 3.63) is 29.8 Å². The molecule has 0 radical (unpaired) electrons. The van der Waals surface area contributed by atoms with Gasteiger partial charge in [0.15, 0.2) is 0 Å². The number of ether oxygens (including phenoxy) is 1. The summed E-state index contributed by atoms with van der Waals surface area (Å²) >= 11 is 0. The number of methoxy groups -OCH3 is 1. The molecule has 5 heteroatoms. The van der Waals surface area contributed by atoms with E-state index in [1.54, 1.807) is 12.0 Å². The minimum absolute atomic E-state index is 0.0236. The number of nitrogens with zero attached hydrogens (tertiary/aromatic N) is 1. The summed E-state index contributed by atoms with van der Waals surface area (Å²) in [6, 6.07) is 7.17. The predicted octanol–water partition coefficient (Wildman–Crippen LogP) is 3.29. The summed E-state index contributed by atoms with van der Waals surface area (Å²) in [5, 5.41) is 9.64. The molecule has 2 aliphatic rings. The summed E-state index contributed by atoms with van der Waals surface area (Å²) in [6.45, 7) is 2.68. The summed E-state index contributed by atoms with van der Waals surface area (Å²) in [4.78, 5) is 26.3. The number of fused-ring (bicyclic) bond motifs is 1. The number of rotatable bonds is 6. The smallest absolute Gasteiger partial charge is 0.326 e. The molecule has 25 heavy (non-hydrogen) atoms. The van der Waals surface area contributed by atoms with Crippen LogP contribution < -0.4 is 4.74 Å². The fraction of sp³-hybridized carbons (Fsp3) is 0.600. The van der Waals surface area contributed by atoms with Crippen LogP contribution in [0.25, 0.3) is 0 Å². The highest BCUT2D eigenvalue weighted by molar-refractivity contribution is 5.85. The molecular weight excluding hydrogens is 318 g/mol. The zero-order chi connectivity index (χ0) is 18.0. The lowest BCUT2D eigenvalue weighted by atomic mass is 9.92. The first kappa shape index (κ1) is 17.8. The van der Waals surface area contributed by atoms with Gasteiger partial charge in [-0.3, -0.25) is 4.79 Å². The van der Waals surface area contributed by atoms with Crippen LogP contribution in [0.3, 0.4) is 0 Å². The van der Waals surface area contributed by atoms with E-state index in [1.807, 2.05) is 24.3 Å². The molecule has 1 saturated carbocycles. The Labute approximate surface area is 149 Å². The van der Waals surface area contributed by atoms with E-state index in [4.69, 9.17) is 4.74 Å². The molecule has 1 heterocycles. The average Bonchev–Trinajstić information content (AvgIpc) is 3.20. The van der Waals surface area contributed by atoms with Crippen LogP contribution in [-0.2, 0) is 9.59 Å². The van der Waals surface area contributed by atoms with Gasteiger partial charge in [0.2, 0.25) is 5.91 Å². The molecule has 0 spiro atoms. The second kappa shape index (κ2) is 7.46. The van der Waals surface area contributed by atoms with Gasteiger partial charge in [-0.25, -0.2) is 4.79 Å². The number of carboxylic acids is 1. The van der Waals surface area contributed by atoms with Crippen molar-refractivity contribution in [2.24, 2.45) is 11.8 Å². The van der Waals surface area contributed by atoms with Crippen LogP contribution in [0.2, 0.25) is 0 Å².